The van der Waals surface area contributed by atoms with Gasteiger partial charge in [0.1, 0.15) is 5.82 Å². The lowest BCUT2D eigenvalue weighted by atomic mass is 10.1. The van der Waals surface area contributed by atoms with Gasteiger partial charge in [0, 0.05) is 11.6 Å². The van der Waals surface area contributed by atoms with Crippen LogP contribution in [0.25, 0.3) is 10.9 Å². The van der Waals surface area contributed by atoms with E-state index in [1.165, 1.54) is 19.2 Å². The van der Waals surface area contributed by atoms with Gasteiger partial charge in [0.25, 0.3) is 0 Å². The Hall–Kier alpha value is -1.84. The van der Waals surface area contributed by atoms with Crippen molar-refractivity contribution in [1.82, 2.24) is 4.98 Å². The lowest BCUT2D eigenvalue weighted by Crippen LogP contribution is -2.02. The first-order valence-corrected chi connectivity index (χ1v) is 4.49. The Balaban J connectivity index is 2.81. The number of carbonyl (C=O) groups excluding carboxylic acids is 1. The monoisotopic (exact) mass is 207 g/mol. The molecular weight excluding hydrogens is 197 g/mol. The standard InChI is InChI=1S/C11H10FNO2/c1-6-5-13-10-8(12)4-3-7(9(6)10)11(14)15-2/h3-5,13H,1-2H3. The van der Waals surface area contributed by atoms with Crippen molar-refractivity contribution in [2.45, 2.75) is 6.92 Å². The predicted octanol–water partition coefficient (Wildman–Crippen LogP) is 2.40. The largest absolute Gasteiger partial charge is 0.465 e. The molecule has 1 aromatic heterocycles. The molecule has 0 saturated heterocycles. The minimum Gasteiger partial charge on any atom is -0.465 e. The van der Waals surface area contributed by atoms with E-state index in [1.807, 2.05) is 6.92 Å². The number of benzene rings is 1. The number of aromatic nitrogens is 1. The summed E-state index contributed by atoms with van der Waals surface area (Å²) in [4.78, 5) is 14.2. The number of ether oxygens (including phenoxy) is 1. The van der Waals surface area contributed by atoms with E-state index in [-0.39, 0.29) is 5.82 Å². The Morgan fingerprint density at radius 1 is 1.47 bits per heavy atom. The number of hydrogen-bond acceptors (Lipinski definition) is 2. The Morgan fingerprint density at radius 2 is 2.20 bits per heavy atom. The van der Waals surface area contributed by atoms with Crippen molar-refractivity contribution in [2.24, 2.45) is 0 Å². The smallest absolute Gasteiger partial charge is 0.338 e. The van der Waals surface area contributed by atoms with E-state index < -0.39 is 5.97 Å². The van der Waals surface area contributed by atoms with E-state index in [2.05, 4.69) is 9.72 Å². The van der Waals surface area contributed by atoms with Crippen LogP contribution in [0.1, 0.15) is 15.9 Å². The van der Waals surface area contributed by atoms with Crippen LogP contribution >= 0.6 is 0 Å². The second kappa shape index (κ2) is 3.38. The molecule has 0 bridgehead atoms. The zero-order valence-corrected chi connectivity index (χ0v) is 8.43. The molecule has 1 heterocycles. The molecule has 0 aliphatic rings. The maximum Gasteiger partial charge on any atom is 0.338 e. The maximum atomic E-state index is 13.4. The van der Waals surface area contributed by atoms with Crippen molar-refractivity contribution in [3.05, 3.63) is 35.3 Å². The fourth-order valence-electron chi connectivity index (χ4n) is 1.66. The molecule has 2 rings (SSSR count). The van der Waals surface area contributed by atoms with Crippen LogP contribution in [0, 0.1) is 12.7 Å². The van der Waals surface area contributed by atoms with Crippen molar-refractivity contribution < 1.29 is 13.9 Å². The van der Waals surface area contributed by atoms with Crippen molar-refractivity contribution in [1.29, 1.82) is 0 Å². The summed E-state index contributed by atoms with van der Waals surface area (Å²) in [6.07, 6.45) is 1.67. The third-order valence-electron chi connectivity index (χ3n) is 2.39. The van der Waals surface area contributed by atoms with E-state index in [0.29, 0.717) is 16.5 Å². The predicted molar refractivity (Wildman–Crippen MR) is 54.3 cm³/mol. The third kappa shape index (κ3) is 1.38. The number of aromatic amines is 1. The molecule has 0 amide bonds. The van der Waals surface area contributed by atoms with E-state index in [0.717, 1.165) is 5.56 Å². The molecule has 3 nitrogen and oxygen atoms in total. The Morgan fingerprint density at radius 3 is 2.87 bits per heavy atom. The summed E-state index contributed by atoms with van der Waals surface area (Å²) in [6.45, 7) is 1.81. The van der Waals surface area contributed by atoms with Crippen molar-refractivity contribution >= 4 is 16.9 Å². The van der Waals surface area contributed by atoms with Crippen LogP contribution in [0.2, 0.25) is 0 Å². The van der Waals surface area contributed by atoms with E-state index >= 15 is 0 Å². The lowest BCUT2D eigenvalue weighted by Gasteiger charge is -2.02. The summed E-state index contributed by atoms with van der Waals surface area (Å²) >= 11 is 0. The number of carbonyl (C=O) groups is 1. The number of aryl methyl sites for hydroxylation is 1. The van der Waals surface area contributed by atoms with Gasteiger partial charge in [0.15, 0.2) is 0 Å². The van der Waals surface area contributed by atoms with Gasteiger partial charge in [-0.15, -0.1) is 0 Å². The number of methoxy groups -OCH3 is 1. The Kier molecular flexibility index (Phi) is 2.19. The van der Waals surface area contributed by atoms with E-state index in [4.69, 9.17) is 0 Å². The molecule has 15 heavy (non-hydrogen) atoms. The molecular formula is C11H10FNO2. The molecule has 0 atom stereocenters. The van der Waals surface area contributed by atoms with Crippen molar-refractivity contribution in [2.75, 3.05) is 7.11 Å². The zero-order chi connectivity index (χ0) is 11.0. The molecule has 0 fully saturated rings. The molecule has 0 unspecified atom stereocenters. The number of nitrogens with one attached hydrogen (secondary N) is 1. The highest BCUT2D eigenvalue weighted by Gasteiger charge is 2.15. The molecule has 78 valence electrons. The number of fused-ring (bicyclic) bond motifs is 1. The quantitative estimate of drug-likeness (QED) is 0.729. The van der Waals surface area contributed by atoms with Crippen LogP contribution in [0.4, 0.5) is 4.39 Å². The Bertz CT molecular complexity index is 531. The zero-order valence-electron chi connectivity index (χ0n) is 8.43. The summed E-state index contributed by atoms with van der Waals surface area (Å²) in [5.74, 6) is -0.826. The van der Waals surface area contributed by atoms with Crippen molar-refractivity contribution in [3.63, 3.8) is 0 Å². The fourth-order valence-corrected chi connectivity index (χ4v) is 1.66. The van der Waals surface area contributed by atoms with Crippen LogP contribution in [-0.2, 0) is 4.74 Å². The minimum atomic E-state index is -0.456. The summed E-state index contributed by atoms with van der Waals surface area (Å²) in [5, 5.41) is 0.585. The number of halogens is 1. The second-order valence-corrected chi connectivity index (χ2v) is 3.31. The summed E-state index contributed by atoms with van der Waals surface area (Å²) in [7, 11) is 1.31. The van der Waals surface area contributed by atoms with Crippen LogP contribution in [0.3, 0.4) is 0 Å². The van der Waals surface area contributed by atoms with Gasteiger partial charge in [-0.05, 0) is 24.6 Å². The van der Waals surface area contributed by atoms with Gasteiger partial charge >= 0.3 is 5.97 Å². The molecule has 0 aliphatic heterocycles. The normalized spacial score (nSPS) is 10.6. The van der Waals surface area contributed by atoms with Gasteiger partial charge in [0.2, 0.25) is 0 Å². The van der Waals surface area contributed by atoms with Crippen LogP contribution in [0.5, 0.6) is 0 Å². The average molecular weight is 207 g/mol. The van der Waals surface area contributed by atoms with Crippen LogP contribution in [0.15, 0.2) is 18.3 Å². The molecule has 1 aromatic carbocycles. The van der Waals surface area contributed by atoms with Crippen LogP contribution < -0.4 is 0 Å². The molecule has 4 heteroatoms. The summed E-state index contributed by atoms with van der Waals surface area (Å²) in [6, 6.07) is 2.69. The summed E-state index contributed by atoms with van der Waals surface area (Å²) < 4.78 is 18.0. The maximum absolute atomic E-state index is 13.4. The van der Waals surface area contributed by atoms with E-state index in [1.54, 1.807) is 6.20 Å². The van der Waals surface area contributed by atoms with Gasteiger partial charge in [0.05, 0.1) is 18.2 Å². The molecule has 2 aromatic rings. The number of rotatable bonds is 1. The SMILES string of the molecule is COC(=O)c1ccc(F)c2[nH]cc(C)c12. The number of H-pyrrole nitrogens is 1. The van der Waals surface area contributed by atoms with Crippen LogP contribution in [-0.4, -0.2) is 18.1 Å². The minimum absolute atomic E-state index is 0.343. The molecule has 0 saturated carbocycles. The Labute approximate surface area is 85.9 Å². The fraction of sp³-hybridized carbons (Fsp3) is 0.182. The lowest BCUT2D eigenvalue weighted by molar-refractivity contribution is 0.0603. The first-order valence-electron chi connectivity index (χ1n) is 4.49. The second-order valence-electron chi connectivity index (χ2n) is 3.31. The van der Waals surface area contributed by atoms with Gasteiger partial charge in [-0.25, -0.2) is 9.18 Å². The van der Waals surface area contributed by atoms with Crippen molar-refractivity contribution in [3.8, 4) is 0 Å². The van der Waals surface area contributed by atoms with Gasteiger partial charge in [-0.2, -0.15) is 0 Å². The first kappa shape index (κ1) is 9.71. The molecule has 0 radical (unpaired) electrons. The highest BCUT2D eigenvalue weighted by atomic mass is 19.1. The number of hydrogen-bond donors (Lipinski definition) is 1. The van der Waals surface area contributed by atoms with Gasteiger partial charge in [-0.3, -0.25) is 0 Å². The highest BCUT2D eigenvalue weighted by Crippen LogP contribution is 2.24. The topological polar surface area (TPSA) is 42.1 Å². The molecule has 0 spiro atoms. The summed E-state index contributed by atoms with van der Waals surface area (Å²) in [5.41, 5.74) is 1.55. The third-order valence-corrected chi connectivity index (χ3v) is 2.39. The molecule has 1 N–H and O–H groups in total. The van der Waals surface area contributed by atoms with E-state index in [9.17, 15) is 9.18 Å². The number of esters is 1. The highest BCUT2D eigenvalue weighted by molar-refractivity contribution is 6.05. The van der Waals surface area contributed by atoms with Gasteiger partial charge < -0.3 is 9.72 Å². The van der Waals surface area contributed by atoms with Gasteiger partial charge in [-0.1, -0.05) is 0 Å². The molecule has 0 aliphatic carbocycles. The first-order chi connectivity index (χ1) is 7.15. The average Bonchev–Trinajstić information content (AvgIpc) is 2.62.